The van der Waals surface area contributed by atoms with E-state index in [1.54, 1.807) is 0 Å². The van der Waals surface area contributed by atoms with Gasteiger partial charge in [0, 0.05) is 30.4 Å². The summed E-state index contributed by atoms with van der Waals surface area (Å²) in [6.07, 6.45) is 0. The number of rotatable bonds is 4. The van der Waals surface area contributed by atoms with Crippen molar-refractivity contribution in [2.45, 2.75) is 6.92 Å². The molecular weight excluding hydrogens is 356 g/mol. The summed E-state index contributed by atoms with van der Waals surface area (Å²) < 4.78 is 19.2. The van der Waals surface area contributed by atoms with Gasteiger partial charge in [-0.1, -0.05) is 6.92 Å². The highest BCUT2D eigenvalue weighted by Crippen LogP contribution is 2.24. The zero-order valence-corrected chi connectivity index (χ0v) is 15.2. The van der Waals surface area contributed by atoms with Gasteiger partial charge in [0.1, 0.15) is 5.82 Å². The standard InChI is InChI=1S/C16H22FN3O2.2ClH/c1-11(12-9-18-10-12)16(21)19-14-6-13(17)7-15(8-14)20-2-4-22-5-3-20;;/h6-8,11-12,18H,2-5,9-10H2,1H3,(H,19,21);2*1H. The lowest BCUT2D eigenvalue weighted by Crippen LogP contribution is -2.48. The summed E-state index contributed by atoms with van der Waals surface area (Å²) in [6.45, 7) is 6.42. The fourth-order valence-corrected chi connectivity index (χ4v) is 2.79. The number of carbonyl (C=O) groups is 1. The molecule has 0 radical (unpaired) electrons. The predicted octanol–water partition coefficient (Wildman–Crippen LogP) is 2.30. The highest BCUT2D eigenvalue weighted by molar-refractivity contribution is 5.93. The third kappa shape index (κ3) is 4.96. The lowest BCUT2D eigenvalue weighted by Gasteiger charge is -2.32. The van der Waals surface area contributed by atoms with Gasteiger partial charge in [-0.25, -0.2) is 4.39 Å². The van der Waals surface area contributed by atoms with Crippen molar-refractivity contribution in [1.29, 1.82) is 0 Å². The maximum Gasteiger partial charge on any atom is 0.227 e. The average Bonchev–Trinajstić information content (AvgIpc) is 2.45. The molecule has 1 amide bonds. The molecule has 2 N–H and O–H groups in total. The molecule has 0 saturated carbocycles. The quantitative estimate of drug-likeness (QED) is 0.842. The molecule has 0 aliphatic carbocycles. The normalized spacial score (nSPS) is 18.7. The third-order valence-electron chi connectivity index (χ3n) is 4.46. The molecule has 5 nitrogen and oxygen atoms in total. The van der Waals surface area contributed by atoms with Gasteiger partial charge in [0.25, 0.3) is 0 Å². The van der Waals surface area contributed by atoms with Crippen LogP contribution in [0.4, 0.5) is 15.8 Å². The van der Waals surface area contributed by atoms with Crippen LogP contribution in [0.1, 0.15) is 6.92 Å². The van der Waals surface area contributed by atoms with E-state index in [0.29, 0.717) is 24.8 Å². The van der Waals surface area contributed by atoms with Gasteiger partial charge in [0.15, 0.2) is 0 Å². The van der Waals surface area contributed by atoms with Crippen LogP contribution in [0.2, 0.25) is 0 Å². The molecule has 136 valence electrons. The van der Waals surface area contributed by atoms with Crippen LogP contribution in [0.5, 0.6) is 0 Å². The van der Waals surface area contributed by atoms with Crippen molar-refractivity contribution >= 4 is 42.1 Å². The number of ether oxygens (including phenoxy) is 1. The van der Waals surface area contributed by atoms with E-state index in [1.807, 2.05) is 13.0 Å². The number of amides is 1. The maximum absolute atomic E-state index is 13.9. The molecule has 24 heavy (non-hydrogen) atoms. The van der Waals surface area contributed by atoms with Crippen LogP contribution in [0.15, 0.2) is 18.2 Å². The van der Waals surface area contributed by atoms with E-state index in [0.717, 1.165) is 31.9 Å². The summed E-state index contributed by atoms with van der Waals surface area (Å²) in [5.74, 6) is -0.0917. The Morgan fingerprint density at radius 3 is 2.54 bits per heavy atom. The molecule has 8 heteroatoms. The Hall–Kier alpha value is -1.08. The molecule has 0 bridgehead atoms. The van der Waals surface area contributed by atoms with Crippen molar-refractivity contribution in [1.82, 2.24) is 5.32 Å². The molecule has 3 rings (SSSR count). The molecule has 1 aromatic carbocycles. The molecule has 1 unspecified atom stereocenters. The summed E-state index contributed by atoms with van der Waals surface area (Å²) in [6, 6.07) is 4.70. The number of nitrogens with one attached hydrogen (secondary N) is 2. The molecule has 2 saturated heterocycles. The smallest absolute Gasteiger partial charge is 0.227 e. The zero-order chi connectivity index (χ0) is 15.5. The van der Waals surface area contributed by atoms with Gasteiger partial charge in [-0.3, -0.25) is 4.79 Å². The van der Waals surface area contributed by atoms with Gasteiger partial charge in [-0.15, -0.1) is 24.8 Å². The minimum atomic E-state index is -0.336. The van der Waals surface area contributed by atoms with E-state index in [2.05, 4.69) is 15.5 Å². The Morgan fingerprint density at radius 1 is 1.29 bits per heavy atom. The van der Waals surface area contributed by atoms with Crippen LogP contribution in [0, 0.1) is 17.7 Å². The molecule has 0 aromatic heterocycles. The topological polar surface area (TPSA) is 53.6 Å². The molecule has 2 aliphatic rings. The number of morpholine rings is 1. The van der Waals surface area contributed by atoms with Gasteiger partial charge in [-0.2, -0.15) is 0 Å². The molecule has 0 spiro atoms. The van der Waals surface area contributed by atoms with E-state index in [1.165, 1.54) is 12.1 Å². The Morgan fingerprint density at radius 2 is 1.96 bits per heavy atom. The lowest BCUT2D eigenvalue weighted by molar-refractivity contribution is -0.121. The number of halogens is 3. The highest BCUT2D eigenvalue weighted by atomic mass is 35.5. The number of carbonyl (C=O) groups excluding carboxylic acids is 1. The van der Waals surface area contributed by atoms with E-state index < -0.39 is 0 Å². The van der Waals surface area contributed by atoms with Crippen molar-refractivity contribution in [3.63, 3.8) is 0 Å². The number of hydrogen-bond acceptors (Lipinski definition) is 4. The Labute approximate surface area is 154 Å². The van der Waals surface area contributed by atoms with Crippen molar-refractivity contribution in [3.05, 3.63) is 24.0 Å². The van der Waals surface area contributed by atoms with Gasteiger partial charge in [0.05, 0.1) is 13.2 Å². The fourth-order valence-electron chi connectivity index (χ4n) is 2.79. The third-order valence-corrected chi connectivity index (χ3v) is 4.46. The summed E-state index contributed by atoms with van der Waals surface area (Å²) >= 11 is 0. The second-order valence-corrected chi connectivity index (χ2v) is 5.99. The van der Waals surface area contributed by atoms with Crippen LogP contribution in [-0.2, 0) is 9.53 Å². The van der Waals surface area contributed by atoms with E-state index in [4.69, 9.17) is 4.74 Å². The zero-order valence-electron chi connectivity index (χ0n) is 13.6. The lowest BCUT2D eigenvalue weighted by atomic mass is 9.88. The molecule has 2 heterocycles. The van der Waals surface area contributed by atoms with Crippen LogP contribution < -0.4 is 15.5 Å². The Bertz CT molecular complexity index is 552. The average molecular weight is 380 g/mol. The number of hydrogen-bond donors (Lipinski definition) is 2. The summed E-state index contributed by atoms with van der Waals surface area (Å²) in [7, 11) is 0. The molecular formula is C16H24Cl2FN3O2. The number of benzene rings is 1. The second-order valence-electron chi connectivity index (χ2n) is 5.99. The van der Waals surface area contributed by atoms with Crippen molar-refractivity contribution in [2.75, 3.05) is 49.6 Å². The van der Waals surface area contributed by atoms with E-state index >= 15 is 0 Å². The van der Waals surface area contributed by atoms with Crippen LogP contribution in [-0.4, -0.2) is 45.3 Å². The fraction of sp³-hybridized carbons (Fsp3) is 0.562. The largest absolute Gasteiger partial charge is 0.378 e. The monoisotopic (exact) mass is 379 g/mol. The minimum Gasteiger partial charge on any atom is -0.378 e. The van der Waals surface area contributed by atoms with E-state index in [-0.39, 0.29) is 42.5 Å². The molecule has 1 atom stereocenters. The Balaban J connectivity index is 0.00000144. The van der Waals surface area contributed by atoms with Crippen molar-refractivity contribution in [3.8, 4) is 0 Å². The molecule has 2 fully saturated rings. The summed E-state index contributed by atoms with van der Waals surface area (Å²) in [4.78, 5) is 14.3. The summed E-state index contributed by atoms with van der Waals surface area (Å²) in [5, 5.41) is 6.01. The first-order valence-electron chi connectivity index (χ1n) is 7.78. The van der Waals surface area contributed by atoms with Gasteiger partial charge in [0.2, 0.25) is 5.91 Å². The van der Waals surface area contributed by atoms with Crippen LogP contribution in [0.25, 0.3) is 0 Å². The number of nitrogens with zero attached hydrogens (tertiary/aromatic N) is 1. The van der Waals surface area contributed by atoms with Crippen molar-refractivity contribution in [2.24, 2.45) is 11.8 Å². The highest BCUT2D eigenvalue weighted by Gasteiger charge is 2.28. The Kier molecular flexibility index (Phi) is 8.22. The minimum absolute atomic E-state index is 0. The van der Waals surface area contributed by atoms with Crippen molar-refractivity contribution < 1.29 is 13.9 Å². The first-order chi connectivity index (χ1) is 10.6. The first kappa shape index (κ1) is 21.0. The van der Waals surface area contributed by atoms with Crippen LogP contribution in [0.3, 0.4) is 0 Å². The van der Waals surface area contributed by atoms with Gasteiger partial charge < -0.3 is 20.3 Å². The predicted molar refractivity (Wildman–Crippen MR) is 98.1 cm³/mol. The van der Waals surface area contributed by atoms with Gasteiger partial charge >= 0.3 is 0 Å². The number of anilines is 2. The van der Waals surface area contributed by atoms with Gasteiger partial charge in [-0.05, 0) is 37.2 Å². The van der Waals surface area contributed by atoms with E-state index in [9.17, 15) is 9.18 Å². The SMILES string of the molecule is CC(C(=O)Nc1cc(F)cc(N2CCOCC2)c1)C1CNC1.Cl.Cl. The molecule has 1 aromatic rings. The van der Waals surface area contributed by atoms with Crippen LogP contribution >= 0.6 is 24.8 Å². The first-order valence-corrected chi connectivity index (χ1v) is 7.78. The molecule has 2 aliphatic heterocycles. The summed E-state index contributed by atoms with van der Waals surface area (Å²) in [5.41, 5.74) is 1.31. The maximum atomic E-state index is 13.9. The second kappa shape index (κ2) is 9.42.